The summed E-state index contributed by atoms with van der Waals surface area (Å²) in [5.74, 6) is 3.14. The van der Waals surface area contributed by atoms with E-state index in [0.717, 1.165) is 47.3 Å². The van der Waals surface area contributed by atoms with E-state index in [-0.39, 0.29) is 12.9 Å². The molecule has 0 bridgehead atoms. The molecule has 0 saturated carbocycles. The van der Waals surface area contributed by atoms with Crippen LogP contribution < -0.4 is 20.3 Å². The van der Waals surface area contributed by atoms with Gasteiger partial charge in [-0.05, 0) is 24.1 Å². The number of anilines is 3. The second-order valence-electron chi connectivity index (χ2n) is 7.65. The molecule has 3 aliphatic rings. The Morgan fingerprint density at radius 1 is 1.21 bits per heavy atom. The number of nitrogens with one attached hydrogen (secondary N) is 2. The summed E-state index contributed by atoms with van der Waals surface area (Å²) in [6.45, 7) is 5.29. The molecule has 4 heterocycles. The minimum absolute atomic E-state index is 0. The minimum Gasteiger partial charge on any atom is -0.486 e. The summed E-state index contributed by atoms with van der Waals surface area (Å²) in [7, 11) is -2.95. The molecule has 0 atom stereocenters. The first-order chi connectivity index (χ1) is 13.5. The van der Waals surface area contributed by atoms with Crippen molar-refractivity contribution in [2.45, 2.75) is 19.4 Å². The maximum atomic E-state index is 11.8. The van der Waals surface area contributed by atoms with Crippen molar-refractivity contribution in [1.29, 1.82) is 0 Å². The Labute approximate surface area is 165 Å². The smallest absolute Gasteiger partial charge is 0.153 e. The van der Waals surface area contributed by atoms with Crippen LogP contribution in [-0.2, 0) is 16.4 Å². The van der Waals surface area contributed by atoms with Gasteiger partial charge >= 0.3 is 0 Å². The van der Waals surface area contributed by atoms with E-state index < -0.39 is 9.84 Å². The summed E-state index contributed by atoms with van der Waals surface area (Å²) in [6.07, 6.45) is 1.53. The van der Waals surface area contributed by atoms with Gasteiger partial charge in [-0.15, -0.1) is 0 Å². The molecule has 8 nitrogen and oxygen atoms in total. The predicted molar refractivity (Wildman–Crippen MR) is 109 cm³/mol. The first kappa shape index (κ1) is 17.7. The number of rotatable bonds is 2. The van der Waals surface area contributed by atoms with Gasteiger partial charge in [0, 0.05) is 33.5 Å². The molecule has 0 aliphatic carbocycles. The summed E-state index contributed by atoms with van der Waals surface area (Å²) >= 11 is 0. The zero-order valence-corrected chi connectivity index (χ0v) is 16.6. The van der Waals surface area contributed by atoms with Crippen LogP contribution in [0.15, 0.2) is 18.5 Å². The fraction of sp³-hybridized carbons (Fsp3) is 0.474. The Morgan fingerprint density at radius 3 is 2.71 bits per heavy atom. The molecule has 1 aromatic carbocycles. The first-order valence-corrected chi connectivity index (χ1v) is 11.4. The molecule has 0 unspecified atom stereocenters. The van der Waals surface area contributed by atoms with Crippen LogP contribution in [0.3, 0.4) is 0 Å². The minimum atomic E-state index is -2.95. The lowest BCUT2D eigenvalue weighted by atomic mass is 9.92. The summed E-state index contributed by atoms with van der Waals surface area (Å²) in [5, 5.41) is 6.76. The predicted octanol–water partition coefficient (Wildman–Crippen LogP) is 1.59. The summed E-state index contributed by atoms with van der Waals surface area (Å²) < 4.78 is 29.7. The number of benzene rings is 1. The van der Waals surface area contributed by atoms with Crippen LogP contribution in [0.5, 0.6) is 5.75 Å². The van der Waals surface area contributed by atoms with E-state index in [1.807, 2.05) is 4.90 Å². The highest BCUT2D eigenvalue weighted by Crippen LogP contribution is 2.40. The molecule has 2 N–H and O–H groups in total. The van der Waals surface area contributed by atoms with Crippen molar-refractivity contribution in [3.8, 4) is 5.75 Å². The van der Waals surface area contributed by atoms with Gasteiger partial charge in [0.1, 0.15) is 30.3 Å². The lowest BCUT2D eigenvalue weighted by molar-refractivity contribution is 0.308. The van der Waals surface area contributed by atoms with E-state index in [9.17, 15) is 8.42 Å². The SMILES string of the molecule is Cc1cc(C2CNC2)cc2c1OCc1c(ncnc1N1CCS(=O)(=O)CC1)N2.[HH]. The zero-order chi connectivity index (χ0) is 19.3. The summed E-state index contributed by atoms with van der Waals surface area (Å²) in [4.78, 5) is 10.9. The Morgan fingerprint density at radius 2 is 2.00 bits per heavy atom. The number of hydrogen-bond acceptors (Lipinski definition) is 8. The maximum Gasteiger partial charge on any atom is 0.153 e. The van der Waals surface area contributed by atoms with E-state index >= 15 is 0 Å². The average molecular weight is 404 g/mol. The quantitative estimate of drug-likeness (QED) is 0.780. The lowest BCUT2D eigenvalue weighted by Crippen LogP contribution is -2.41. The standard InChI is InChI=1S/C19H23N5O3S.H2/c1-12-6-13(14-8-20-9-14)7-16-17(12)27-10-15-18(23-16)21-11-22-19(15)24-2-4-28(25,26)5-3-24;/h6-7,11,14,20H,2-5,8-10H2,1H3,(H,21,22,23);1H. The number of nitrogens with zero attached hydrogens (tertiary/aromatic N) is 3. The molecular weight excluding hydrogens is 378 g/mol. The number of hydrogen-bond donors (Lipinski definition) is 2. The Kier molecular flexibility index (Phi) is 4.17. The molecule has 0 radical (unpaired) electrons. The van der Waals surface area contributed by atoms with Crippen LogP contribution in [0.4, 0.5) is 17.3 Å². The van der Waals surface area contributed by atoms with Gasteiger partial charge in [-0.25, -0.2) is 18.4 Å². The van der Waals surface area contributed by atoms with Crippen molar-refractivity contribution in [2.24, 2.45) is 0 Å². The maximum absolute atomic E-state index is 11.8. The molecular formula is C19H25N5O3S. The molecule has 9 heteroatoms. The fourth-order valence-electron chi connectivity index (χ4n) is 3.96. The van der Waals surface area contributed by atoms with Gasteiger partial charge < -0.3 is 20.3 Å². The van der Waals surface area contributed by atoms with Crippen LogP contribution in [-0.4, -0.2) is 56.1 Å². The highest BCUT2D eigenvalue weighted by atomic mass is 32.2. The number of aryl methyl sites for hydroxylation is 1. The van der Waals surface area contributed by atoms with Crippen LogP contribution in [0, 0.1) is 6.92 Å². The third kappa shape index (κ3) is 3.08. The Bertz CT molecular complexity index is 1030. The number of aromatic nitrogens is 2. The van der Waals surface area contributed by atoms with Crippen molar-refractivity contribution in [1.82, 2.24) is 15.3 Å². The molecule has 2 aromatic rings. The van der Waals surface area contributed by atoms with Gasteiger partial charge in [0.25, 0.3) is 0 Å². The molecule has 3 aliphatic heterocycles. The lowest BCUT2D eigenvalue weighted by Gasteiger charge is -2.29. The second-order valence-corrected chi connectivity index (χ2v) is 9.95. The van der Waals surface area contributed by atoms with Crippen LogP contribution in [0.2, 0.25) is 0 Å². The number of ether oxygens (including phenoxy) is 1. The van der Waals surface area contributed by atoms with Gasteiger partial charge in [-0.2, -0.15) is 0 Å². The molecule has 0 amide bonds. The van der Waals surface area contributed by atoms with Crippen LogP contribution in [0.25, 0.3) is 0 Å². The summed E-state index contributed by atoms with van der Waals surface area (Å²) in [6, 6.07) is 4.35. The molecule has 2 fully saturated rings. The van der Waals surface area contributed by atoms with Crippen molar-refractivity contribution in [3.05, 3.63) is 35.2 Å². The van der Waals surface area contributed by atoms with Gasteiger partial charge in [-0.3, -0.25) is 0 Å². The van der Waals surface area contributed by atoms with Gasteiger partial charge in [0.2, 0.25) is 0 Å². The molecule has 1 aromatic heterocycles. The average Bonchev–Trinajstić information content (AvgIpc) is 2.79. The van der Waals surface area contributed by atoms with Crippen molar-refractivity contribution >= 4 is 27.2 Å². The third-order valence-electron chi connectivity index (χ3n) is 5.73. The van der Waals surface area contributed by atoms with E-state index in [4.69, 9.17) is 4.74 Å². The molecule has 0 spiro atoms. The summed E-state index contributed by atoms with van der Waals surface area (Å²) in [5.41, 5.74) is 4.18. The fourth-order valence-corrected chi connectivity index (χ4v) is 5.16. The highest BCUT2D eigenvalue weighted by Gasteiger charge is 2.28. The van der Waals surface area contributed by atoms with Crippen molar-refractivity contribution in [2.75, 3.05) is 47.9 Å². The van der Waals surface area contributed by atoms with Gasteiger partial charge in [0.05, 0.1) is 22.8 Å². The van der Waals surface area contributed by atoms with E-state index in [2.05, 4.69) is 39.7 Å². The molecule has 28 heavy (non-hydrogen) atoms. The van der Waals surface area contributed by atoms with Crippen molar-refractivity contribution in [3.63, 3.8) is 0 Å². The number of fused-ring (bicyclic) bond motifs is 2. The largest absolute Gasteiger partial charge is 0.486 e. The molecule has 150 valence electrons. The Balaban J connectivity index is 0.00000205. The van der Waals surface area contributed by atoms with E-state index in [1.165, 1.54) is 11.9 Å². The zero-order valence-electron chi connectivity index (χ0n) is 15.7. The van der Waals surface area contributed by atoms with Crippen LogP contribution >= 0.6 is 0 Å². The monoisotopic (exact) mass is 403 g/mol. The number of sulfone groups is 1. The first-order valence-electron chi connectivity index (χ1n) is 9.54. The normalized spacial score (nSPS) is 20.8. The van der Waals surface area contributed by atoms with E-state index in [1.54, 1.807) is 0 Å². The highest BCUT2D eigenvalue weighted by molar-refractivity contribution is 7.91. The Hall–Kier alpha value is -2.39. The molecule has 2 saturated heterocycles. The van der Waals surface area contributed by atoms with Gasteiger partial charge in [-0.1, -0.05) is 6.07 Å². The van der Waals surface area contributed by atoms with Gasteiger partial charge in [0.15, 0.2) is 9.84 Å². The second kappa shape index (κ2) is 6.59. The topological polar surface area (TPSA) is 96.4 Å². The van der Waals surface area contributed by atoms with Crippen LogP contribution in [0.1, 0.15) is 24.0 Å². The molecule has 5 rings (SSSR count). The third-order valence-corrected chi connectivity index (χ3v) is 7.34. The van der Waals surface area contributed by atoms with E-state index in [0.29, 0.717) is 25.6 Å². The van der Waals surface area contributed by atoms with Crippen molar-refractivity contribution < 1.29 is 14.6 Å².